The first kappa shape index (κ1) is 15.3. The number of nitrogens with zero attached hydrogens (tertiary/aromatic N) is 3. The summed E-state index contributed by atoms with van der Waals surface area (Å²) in [6.45, 7) is 3.77. The summed E-state index contributed by atoms with van der Waals surface area (Å²) in [7, 11) is 0. The molecule has 1 aliphatic rings. The maximum absolute atomic E-state index is 11.3. The molecule has 23 heavy (non-hydrogen) atoms. The van der Waals surface area contributed by atoms with E-state index in [-0.39, 0.29) is 12.5 Å². The van der Waals surface area contributed by atoms with Crippen LogP contribution in [0, 0.1) is 0 Å². The quantitative estimate of drug-likeness (QED) is 0.890. The smallest absolute Gasteiger partial charge is 0.238 e. The third-order valence-corrected chi connectivity index (χ3v) is 3.94. The molecule has 2 heterocycles. The number of pyridine rings is 1. The molecule has 3 rings (SSSR count). The topological polar surface area (TPSA) is 74.5 Å². The number of benzene rings is 1. The number of rotatable bonds is 4. The molecule has 3 N–H and O–H groups in total. The Morgan fingerprint density at radius 1 is 1.04 bits per heavy atom. The highest BCUT2D eigenvalue weighted by atomic mass is 16.1. The monoisotopic (exact) mass is 311 g/mol. The summed E-state index contributed by atoms with van der Waals surface area (Å²) in [6.07, 6.45) is 1.67. The summed E-state index contributed by atoms with van der Waals surface area (Å²) in [5, 5.41) is 2.70. The Morgan fingerprint density at radius 3 is 2.35 bits per heavy atom. The Balaban J connectivity index is 1.58. The van der Waals surface area contributed by atoms with Gasteiger partial charge in [-0.2, -0.15) is 0 Å². The fraction of sp³-hybridized carbons (Fsp3) is 0.294. The molecule has 0 unspecified atom stereocenters. The number of carbonyl (C=O) groups is 1. The van der Waals surface area contributed by atoms with Crippen molar-refractivity contribution in [2.45, 2.75) is 0 Å². The fourth-order valence-corrected chi connectivity index (χ4v) is 2.69. The van der Waals surface area contributed by atoms with Crippen LogP contribution in [-0.4, -0.2) is 43.6 Å². The van der Waals surface area contributed by atoms with Crippen molar-refractivity contribution in [2.75, 3.05) is 47.8 Å². The van der Waals surface area contributed by atoms with E-state index in [0.29, 0.717) is 5.69 Å². The van der Waals surface area contributed by atoms with Crippen molar-refractivity contribution in [3.8, 4) is 0 Å². The second-order valence-corrected chi connectivity index (χ2v) is 5.47. The van der Waals surface area contributed by atoms with Crippen molar-refractivity contribution in [1.29, 1.82) is 0 Å². The standard InChI is InChI=1S/C17H21N5O/c18-12-17(23)20-14-6-7-16(19-13-14)22-10-8-21(9-11-22)15-4-2-1-3-5-15/h1-7,13H,8-12,18H2,(H,20,23). The van der Waals surface area contributed by atoms with E-state index in [0.717, 1.165) is 32.0 Å². The van der Waals surface area contributed by atoms with Crippen LogP contribution < -0.4 is 20.9 Å². The third kappa shape index (κ3) is 3.78. The number of hydrogen-bond acceptors (Lipinski definition) is 5. The number of para-hydroxylation sites is 1. The summed E-state index contributed by atoms with van der Waals surface area (Å²) < 4.78 is 0. The highest BCUT2D eigenvalue weighted by Gasteiger charge is 2.18. The highest BCUT2D eigenvalue weighted by molar-refractivity contribution is 5.91. The van der Waals surface area contributed by atoms with Crippen molar-refractivity contribution in [3.63, 3.8) is 0 Å². The molecule has 0 bridgehead atoms. The van der Waals surface area contributed by atoms with Crippen molar-refractivity contribution < 1.29 is 4.79 Å². The van der Waals surface area contributed by atoms with Gasteiger partial charge in [0.05, 0.1) is 18.4 Å². The van der Waals surface area contributed by atoms with Crippen molar-refractivity contribution in [1.82, 2.24) is 4.98 Å². The molecule has 0 atom stereocenters. The molecule has 120 valence electrons. The van der Waals surface area contributed by atoms with Gasteiger partial charge in [0.2, 0.25) is 5.91 Å². The Labute approximate surface area is 135 Å². The zero-order valence-corrected chi connectivity index (χ0v) is 13.0. The summed E-state index contributed by atoms with van der Waals surface area (Å²) >= 11 is 0. The normalized spacial score (nSPS) is 14.7. The van der Waals surface area contributed by atoms with E-state index in [1.807, 2.05) is 18.2 Å². The number of amides is 1. The first-order valence-corrected chi connectivity index (χ1v) is 7.77. The van der Waals surface area contributed by atoms with Gasteiger partial charge in [-0.05, 0) is 24.3 Å². The number of nitrogens with two attached hydrogens (primary N) is 1. The lowest BCUT2D eigenvalue weighted by Gasteiger charge is -2.36. The zero-order valence-electron chi connectivity index (χ0n) is 13.0. The third-order valence-electron chi connectivity index (χ3n) is 3.94. The van der Waals surface area contributed by atoms with E-state index in [1.165, 1.54) is 5.69 Å². The van der Waals surface area contributed by atoms with Gasteiger partial charge in [0.1, 0.15) is 5.82 Å². The van der Waals surface area contributed by atoms with Crippen LogP contribution in [-0.2, 0) is 4.79 Å². The van der Waals surface area contributed by atoms with E-state index in [9.17, 15) is 4.79 Å². The van der Waals surface area contributed by atoms with E-state index in [4.69, 9.17) is 5.73 Å². The molecule has 1 aliphatic heterocycles. The van der Waals surface area contributed by atoms with Crippen LogP contribution in [0.25, 0.3) is 0 Å². The lowest BCUT2D eigenvalue weighted by atomic mass is 10.2. The molecule has 0 aliphatic carbocycles. The molecule has 0 spiro atoms. The van der Waals surface area contributed by atoms with Crippen LogP contribution in [0.2, 0.25) is 0 Å². The molecular weight excluding hydrogens is 290 g/mol. The predicted octanol–water partition coefficient (Wildman–Crippen LogP) is 1.31. The van der Waals surface area contributed by atoms with Gasteiger partial charge < -0.3 is 20.9 Å². The van der Waals surface area contributed by atoms with Gasteiger partial charge in [-0.15, -0.1) is 0 Å². The van der Waals surface area contributed by atoms with Gasteiger partial charge in [0.15, 0.2) is 0 Å². The van der Waals surface area contributed by atoms with E-state index in [1.54, 1.807) is 6.20 Å². The molecule has 0 radical (unpaired) electrons. The van der Waals surface area contributed by atoms with Crippen LogP contribution in [0.3, 0.4) is 0 Å². The van der Waals surface area contributed by atoms with Crippen LogP contribution in [0.4, 0.5) is 17.2 Å². The first-order valence-electron chi connectivity index (χ1n) is 7.77. The number of anilines is 3. The highest BCUT2D eigenvalue weighted by Crippen LogP contribution is 2.19. The molecule has 0 saturated carbocycles. The number of carbonyl (C=O) groups excluding carboxylic acids is 1. The van der Waals surface area contributed by atoms with Crippen LogP contribution in [0.1, 0.15) is 0 Å². The number of piperazine rings is 1. The molecular formula is C17H21N5O. The lowest BCUT2D eigenvalue weighted by Crippen LogP contribution is -2.46. The van der Waals surface area contributed by atoms with Gasteiger partial charge in [-0.1, -0.05) is 18.2 Å². The largest absolute Gasteiger partial charge is 0.368 e. The number of hydrogen-bond donors (Lipinski definition) is 2. The summed E-state index contributed by atoms with van der Waals surface area (Å²) in [5.41, 5.74) is 7.22. The number of aromatic nitrogens is 1. The van der Waals surface area contributed by atoms with Gasteiger partial charge in [0, 0.05) is 31.9 Å². The Morgan fingerprint density at radius 2 is 1.74 bits per heavy atom. The Bertz CT molecular complexity index is 636. The zero-order chi connectivity index (χ0) is 16.1. The van der Waals surface area contributed by atoms with Crippen molar-refractivity contribution >= 4 is 23.1 Å². The van der Waals surface area contributed by atoms with E-state index in [2.05, 4.69) is 44.4 Å². The maximum atomic E-state index is 11.3. The van der Waals surface area contributed by atoms with Crippen molar-refractivity contribution in [2.24, 2.45) is 5.73 Å². The molecule has 1 saturated heterocycles. The summed E-state index contributed by atoms with van der Waals surface area (Å²) in [4.78, 5) is 20.3. The van der Waals surface area contributed by atoms with E-state index < -0.39 is 0 Å². The van der Waals surface area contributed by atoms with Crippen LogP contribution >= 0.6 is 0 Å². The van der Waals surface area contributed by atoms with Gasteiger partial charge in [0.25, 0.3) is 0 Å². The van der Waals surface area contributed by atoms with Crippen LogP contribution in [0.15, 0.2) is 48.7 Å². The second-order valence-electron chi connectivity index (χ2n) is 5.47. The predicted molar refractivity (Wildman–Crippen MR) is 92.8 cm³/mol. The second kappa shape index (κ2) is 7.11. The molecule has 1 aromatic carbocycles. The van der Waals surface area contributed by atoms with Gasteiger partial charge in [-0.3, -0.25) is 4.79 Å². The van der Waals surface area contributed by atoms with E-state index >= 15 is 0 Å². The van der Waals surface area contributed by atoms with Crippen molar-refractivity contribution in [3.05, 3.63) is 48.7 Å². The summed E-state index contributed by atoms with van der Waals surface area (Å²) in [5.74, 6) is 0.722. The Kier molecular flexibility index (Phi) is 4.73. The first-order chi connectivity index (χ1) is 11.3. The summed E-state index contributed by atoms with van der Waals surface area (Å²) in [6, 6.07) is 14.2. The Hall–Kier alpha value is -2.60. The SMILES string of the molecule is NCC(=O)Nc1ccc(N2CCN(c3ccccc3)CC2)nc1. The van der Waals surface area contributed by atoms with Crippen LogP contribution in [0.5, 0.6) is 0 Å². The maximum Gasteiger partial charge on any atom is 0.238 e. The van der Waals surface area contributed by atoms with Gasteiger partial charge >= 0.3 is 0 Å². The molecule has 1 aromatic heterocycles. The molecule has 1 fully saturated rings. The van der Waals surface area contributed by atoms with Gasteiger partial charge in [-0.25, -0.2) is 4.98 Å². The average Bonchev–Trinajstić information content (AvgIpc) is 2.63. The molecule has 6 heteroatoms. The fourth-order valence-electron chi connectivity index (χ4n) is 2.69. The average molecular weight is 311 g/mol. The molecule has 2 aromatic rings. The minimum absolute atomic E-state index is 0.0246. The molecule has 6 nitrogen and oxygen atoms in total. The lowest BCUT2D eigenvalue weighted by molar-refractivity contribution is -0.114. The molecule has 1 amide bonds. The minimum Gasteiger partial charge on any atom is -0.368 e. The minimum atomic E-state index is -0.212. The number of nitrogens with one attached hydrogen (secondary N) is 1.